The molecule has 0 atom stereocenters. The van der Waals surface area contributed by atoms with Gasteiger partial charge in [-0.15, -0.1) is 11.3 Å². The molecule has 0 unspecified atom stereocenters. The topological polar surface area (TPSA) is 24.6 Å². The maximum Gasteiger partial charge on any atom is 0.264 e. The highest BCUT2D eigenvalue weighted by Gasteiger charge is 2.48. The van der Waals surface area contributed by atoms with Gasteiger partial charge in [-0.25, -0.2) is 0 Å². The summed E-state index contributed by atoms with van der Waals surface area (Å²) in [5.74, 6) is 0. The Kier molecular flexibility index (Phi) is 7.98. The van der Waals surface area contributed by atoms with Gasteiger partial charge in [-0.1, -0.05) is 119 Å². The van der Waals surface area contributed by atoms with Crippen molar-refractivity contribution in [3.8, 4) is 5.69 Å². The minimum Gasteiger partial charge on any atom is -0.456 e. The molecule has 3 aromatic heterocycles. The van der Waals surface area contributed by atoms with Crippen LogP contribution in [0, 0.1) is 6.92 Å². The molecule has 6 heteroatoms. The van der Waals surface area contributed by atoms with E-state index < -0.39 is 0 Å². The third-order valence-corrected chi connectivity index (χ3v) is 16.5. The van der Waals surface area contributed by atoms with Crippen LogP contribution in [0.15, 0.2) is 120 Å². The molecule has 3 aliphatic heterocycles. The second-order valence-electron chi connectivity index (χ2n) is 24.0. The molecule has 13 rings (SSSR count). The van der Waals surface area contributed by atoms with Crippen LogP contribution in [0.3, 0.4) is 0 Å². The van der Waals surface area contributed by atoms with Crippen LogP contribution < -0.4 is 25.5 Å². The van der Waals surface area contributed by atoms with E-state index in [1.807, 2.05) is 11.3 Å². The molecule has 0 saturated carbocycles. The first-order chi connectivity index (χ1) is 31.6. The van der Waals surface area contributed by atoms with Crippen molar-refractivity contribution in [2.24, 2.45) is 0 Å². The monoisotopic (exact) mass is 891 g/mol. The van der Waals surface area contributed by atoms with Crippen molar-refractivity contribution in [2.45, 2.75) is 112 Å². The van der Waals surface area contributed by atoms with Gasteiger partial charge >= 0.3 is 0 Å². The first-order valence-electron chi connectivity index (χ1n) is 24.2. The van der Waals surface area contributed by atoms with E-state index in [1.54, 1.807) is 0 Å². The quantitative estimate of drug-likeness (QED) is 0.154. The Labute approximate surface area is 398 Å². The molecule has 0 amide bonds. The number of para-hydroxylation sites is 1. The number of thiophene rings is 1. The van der Waals surface area contributed by atoms with E-state index in [-0.39, 0.29) is 28.4 Å². The lowest BCUT2D eigenvalue weighted by Gasteiger charge is -2.46. The highest BCUT2D eigenvalue weighted by Crippen LogP contribution is 2.56. The smallest absolute Gasteiger partial charge is 0.264 e. The minimum atomic E-state index is -0.0985. The molecule has 0 bridgehead atoms. The molecular formula is C61H58BN3OS. The van der Waals surface area contributed by atoms with Gasteiger partial charge in [-0.3, -0.25) is 0 Å². The minimum absolute atomic E-state index is 0.00952. The number of hydrogen-bond acceptors (Lipinski definition) is 4. The first-order valence-corrected chi connectivity index (χ1v) is 25.0. The number of nitrogens with zero attached hydrogens (tertiary/aromatic N) is 3. The maximum absolute atomic E-state index is 6.46. The second kappa shape index (κ2) is 13.0. The summed E-state index contributed by atoms with van der Waals surface area (Å²) in [6.45, 7) is 30.6. The summed E-state index contributed by atoms with van der Waals surface area (Å²) >= 11 is 1.99. The summed E-state index contributed by atoms with van der Waals surface area (Å²) < 4.78 is 11.8. The van der Waals surface area contributed by atoms with E-state index in [4.69, 9.17) is 4.42 Å². The number of benzene rings is 7. The molecule has 10 aromatic rings. The van der Waals surface area contributed by atoms with Crippen molar-refractivity contribution >= 4 is 122 Å². The summed E-state index contributed by atoms with van der Waals surface area (Å²) in [4.78, 5) is 5.32. The number of furan rings is 1. The first kappa shape index (κ1) is 41.0. The Morgan fingerprint density at radius 2 is 1.09 bits per heavy atom. The van der Waals surface area contributed by atoms with Crippen LogP contribution in [0.4, 0.5) is 34.1 Å². The van der Waals surface area contributed by atoms with E-state index in [9.17, 15) is 0 Å². The molecule has 0 N–H and O–H groups in total. The zero-order valence-corrected chi connectivity index (χ0v) is 42.0. The molecule has 3 aliphatic rings. The molecule has 0 fully saturated rings. The van der Waals surface area contributed by atoms with E-state index in [0.29, 0.717) is 0 Å². The fraction of sp³-hybridized carbons (Fsp3) is 0.279. The van der Waals surface area contributed by atoms with Crippen molar-refractivity contribution in [3.63, 3.8) is 0 Å². The fourth-order valence-electron chi connectivity index (χ4n) is 11.6. The average Bonchev–Trinajstić information content (AvgIpc) is 3.93. The van der Waals surface area contributed by atoms with Gasteiger partial charge in [0.05, 0.1) is 33.8 Å². The maximum atomic E-state index is 6.46. The van der Waals surface area contributed by atoms with Gasteiger partial charge in [0.2, 0.25) is 0 Å². The van der Waals surface area contributed by atoms with Gasteiger partial charge in [0, 0.05) is 53.5 Å². The van der Waals surface area contributed by atoms with Crippen molar-refractivity contribution in [2.75, 3.05) is 9.80 Å². The summed E-state index contributed by atoms with van der Waals surface area (Å²) in [7, 11) is 0. The van der Waals surface area contributed by atoms with Crippen LogP contribution in [0.5, 0.6) is 0 Å². The number of anilines is 6. The molecule has 67 heavy (non-hydrogen) atoms. The van der Waals surface area contributed by atoms with Crippen molar-refractivity contribution in [1.29, 1.82) is 0 Å². The third-order valence-electron chi connectivity index (χ3n) is 15.3. The van der Waals surface area contributed by atoms with Crippen LogP contribution in [-0.4, -0.2) is 11.3 Å². The van der Waals surface area contributed by atoms with Gasteiger partial charge < -0.3 is 18.8 Å². The molecule has 7 aromatic carbocycles. The number of fused-ring (bicyclic) bond motifs is 14. The Hall–Kier alpha value is -6.24. The zero-order valence-electron chi connectivity index (χ0n) is 41.2. The normalized spacial score (nSPS) is 14.6. The Bertz CT molecular complexity index is 3830. The Morgan fingerprint density at radius 3 is 1.81 bits per heavy atom. The number of hydrogen-bond donors (Lipinski definition) is 0. The lowest BCUT2D eigenvalue weighted by molar-refractivity contribution is 0.590. The molecule has 6 heterocycles. The molecule has 0 aliphatic carbocycles. The average molecular weight is 892 g/mol. The summed E-state index contributed by atoms with van der Waals surface area (Å²) in [6, 6.07) is 45.0. The highest BCUT2D eigenvalue weighted by molar-refractivity contribution is 7.33. The SMILES string of the molecule is Cc1cc2c3c(c1)N1c4c(cc(C(C)(C)C)cc4-n4c5ccc(C(C)(C)C)cc5c5cc(C(C)(C)C)cc1c54)B3c1sc3ccc(C(C)(C)C)cc3c1N2c1ccc2oc3ccccc3c2c1. The van der Waals surface area contributed by atoms with Crippen molar-refractivity contribution in [1.82, 2.24) is 4.57 Å². The Morgan fingerprint density at radius 1 is 0.478 bits per heavy atom. The molecule has 0 saturated heterocycles. The van der Waals surface area contributed by atoms with Gasteiger partial charge in [-0.2, -0.15) is 0 Å². The van der Waals surface area contributed by atoms with Gasteiger partial charge in [0.1, 0.15) is 11.2 Å². The number of aryl methyl sites for hydroxylation is 1. The second-order valence-corrected chi connectivity index (χ2v) is 25.1. The molecule has 332 valence electrons. The fourth-order valence-corrected chi connectivity index (χ4v) is 12.9. The van der Waals surface area contributed by atoms with Gasteiger partial charge in [0.25, 0.3) is 6.71 Å². The number of aromatic nitrogens is 1. The molecular weight excluding hydrogens is 834 g/mol. The Balaban J connectivity index is 1.20. The van der Waals surface area contributed by atoms with E-state index in [2.05, 4.69) is 220 Å². The summed E-state index contributed by atoms with van der Waals surface area (Å²) in [6.07, 6.45) is 0. The predicted molar refractivity (Wildman–Crippen MR) is 291 cm³/mol. The van der Waals surface area contributed by atoms with E-state index >= 15 is 0 Å². The standard InChI is InChI=1S/C61H58BN3OS/c1-33-24-46-53-47(25-33)65-48-30-36(60(8,9)10)28-42-40-26-34(58(2,3)4)18-21-45(40)64(54(42)48)49-31-37(61(11,12)13)29-44(56(49)65)62(53)57-55(43-27-35(59(5,6)7)19-23-52(43)67-57)63(46)38-20-22-51-41(32-38)39-16-14-15-17-50(39)66-51/h14-32H,1-13H3. The number of rotatable bonds is 1. The van der Waals surface area contributed by atoms with Gasteiger partial charge in [-0.05, 0) is 146 Å². The third kappa shape index (κ3) is 5.66. The molecule has 0 radical (unpaired) electrons. The van der Waals surface area contributed by atoms with Crippen LogP contribution in [0.2, 0.25) is 0 Å². The van der Waals surface area contributed by atoms with Crippen LogP contribution in [0.25, 0.3) is 59.5 Å². The van der Waals surface area contributed by atoms with Crippen LogP contribution >= 0.6 is 11.3 Å². The molecule has 4 nitrogen and oxygen atoms in total. The van der Waals surface area contributed by atoms with E-state index in [0.717, 1.165) is 27.6 Å². The molecule has 0 spiro atoms. The van der Waals surface area contributed by atoms with Crippen molar-refractivity contribution in [3.05, 3.63) is 143 Å². The lowest BCUT2D eigenvalue weighted by atomic mass is 9.35. The van der Waals surface area contributed by atoms with Crippen LogP contribution in [-0.2, 0) is 21.7 Å². The van der Waals surface area contributed by atoms with Crippen molar-refractivity contribution < 1.29 is 4.42 Å². The zero-order chi connectivity index (χ0) is 46.6. The lowest BCUT2D eigenvalue weighted by Crippen LogP contribution is -2.61. The highest BCUT2D eigenvalue weighted by atomic mass is 32.1. The van der Waals surface area contributed by atoms with Gasteiger partial charge in [0.15, 0.2) is 0 Å². The summed E-state index contributed by atoms with van der Waals surface area (Å²) in [5, 5.41) is 6.24. The predicted octanol–water partition coefficient (Wildman–Crippen LogP) is 15.8. The largest absolute Gasteiger partial charge is 0.456 e. The summed E-state index contributed by atoms with van der Waals surface area (Å²) in [5.41, 5.74) is 22.4. The van der Waals surface area contributed by atoms with Crippen LogP contribution in [0.1, 0.15) is 111 Å². The van der Waals surface area contributed by atoms with E-state index in [1.165, 1.54) is 110 Å².